The number of carbonyl (C=O) groups is 3. The van der Waals surface area contributed by atoms with E-state index in [1.54, 1.807) is 0 Å². The summed E-state index contributed by atoms with van der Waals surface area (Å²) < 4.78 is 33.1. The molecule has 1 saturated heterocycles. The predicted molar refractivity (Wildman–Crippen MR) is 108 cm³/mol. The molecule has 7 nitrogen and oxygen atoms in total. The van der Waals surface area contributed by atoms with Gasteiger partial charge >= 0.3 is 6.09 Å². The zero-order valence-electron chi connectivity index (χ0n) is 16.1. The topological polar surface area (TPSA) is 96.5 Å². The van der Waals surface area contributed by atoms with Gasteiger partial charge in [-0.2, -0.15) is 0 Å². The van der Waals surface area contributed by atoms with Gasteiger partial charge in [0.2, 0.25) is 5.91 Å². The summed E-state index contributed by atoms with van der Waals surface area (Å²) in [5.41, 5.74) is 1.25. The van der Waals surface area contributed by atoms with E-state index >= 15 is 0 Å². The van der Waals surface area contributed by atoms with Crippen LogP contribution in [0.25, 0.3) is 0 Å². The molecule has 2 aromatic carbocycles. The van der Waals surface area contributed by atoms with E-state index in [0.29, 0.717) is 24.1 Å². The Morgan fingerprint density at radius 2 is 1.94 bits per heavy atom. The summed E-state index contributed by atoms with van der Waals surface area (Å²) in [7, 11) is 0. The number of rotatable bonds is 4. The molecule has 1 heterocycles. The molecule has 0 unspecified atom stereocenters. The summed E-state index contributed by atoms with van der Waals surface area (Å²) in [6.07, 6.45) is -0.488. The highest BCUT2D eigenvalue weighted by Crippen LogP contribution is 2.36. The van der Waals surface area contributed by atoms with Crippen LogP contribution in [0, 0.1) is 11.6 Å². The lowest BCUT2D eigenvalue weighted by Gasteiger charge is -2.17. The molecular formula is C21H18ClF2N3O4. The number of ether oxygens (including phenoxy) is 1. The highest BCUT2D eigenvalue weighted by Gasteiger charge is 2.32. The molecule has 0 aromatic heterocycles. The molecule has 0 bridgehead atoms. The second-order valence-electron chi connectivity index (χ2n) is 7.34. The van der Waals surface area contributed by atoms with Crippen LogP contribution in [0.15, 0.2) is 30.3 Å². The lowest BCUT2D eigenvalue weighted by atomic mass is 10.0. The van der Waals surface area contributed by atoms with Crippen LogP contribution < -0.4 is 16.0 Å². The number of amides is 3. The van der Waals surface area contributed by atoms with E-state index in [0.717, 1.165) is 12.1 Å². The number of hydrogen-bond donors (Lipinski definition) is 3. The highest BCUT2D eigenvalue weighted by atomic mass is 35.5. The van der Waals surface area contributed by atoms with Crippen LogP contribution in [-0.2, 0) is 16.0 Å². The third-order valence-corrected chi connectivity index (χ3v) is 5.55. The van der Waals surface area contributed by atoms with E-state index < -0.39 is 35.8 Å². The van der Waals surface area contributed by atoms with E-state index in [1.165, 1.54) is 18.2 Å². The van der Waals surface area contributed by atoms with E-state index in [9.17, 15) is 23.2 Å². The second kappa shape index (κ2) is 8.50. The lowest BCUT2D eigenvalue weighted by molar-refractivity contribution is -0.119. The van der Waals surface area contributed by atoms with Gasteiger partial charge in [0.15, 0.2) is 0 Å². The van der Waals surface area contributed by atoms with Gasteiger partial charge in [0.1, 0.15) is 17.7 Å². The Morgan fingerprint density at radius 3 is 2.65 bits per heavy atom. The van der Waals surface area contributed by atoms with Crippen molar-refractivity contribution in [3.63, 3.8) is 0 Å². The van der Waals surface area contributed by atoms with Gasteiger partial charge < -0.3 is 20.7 Å². The molecule has 1 fully saturated rings. The summed E-state index contributed by atoms with van der Waals surface area (Å²) in [5.74, 6) is -1.86. The van der Waals surface area contributed by atoms with Crippen molar-refractivity contribution >= 4 is 35.2 Å². The largest absolute Gasteiger partial charge is 0.444 e. The molecular weight excluding hydrogens is 432 g/mol. The van der Waals surface area contributed by atoms with Crippen LogP contribution in [0.2, 0.25) is 5.02 Å². The van der Waals surface area contributed by atoms with Crippen molar-refractivity contribution in [2.75, 3.05) is 11.9 Å². The van der Waals surface area contributed by atoms with Crippen molar-refractivity contribution in [1.82, 2.24) is 10.6 Å². The average Bonchev–Trinajstić information content (AvgIpc) is 3.31. The molecule has 162 valence electrons. The maximum Gasteiger partial charge on any atom is 0.407 e. The fourth-order valence-corrected chi connectivity index (χ4v) is 4.01. The van der Waals surface area contributed by atoms with Crippen molar-refractivity contribution < 1.29 is 27.9 Å². The fourth-order valence-electron chi connectivity index (χ4n) is 3.83. The molecule has 31 heavy (non-hydrogen) atoms. The zero-order valence-corrected chi connectivity index (χ0v) is 16.9. The van der Waals surface area contributed by atoms with Gasteiger partial charge in [-0.05, 0) is 48.7 Å². The Labute approximate surface area is 181 Å². The van der Waals surface area contributed by atoms with Crippen molar-refractivity contribution in [2.24, 2.45) is 0 Å². The smallest absolute Gasteiger partial charge is 0.407 e. The molecule has 3 amide bonds. The normalized spacial score (nSPS) is 19.5. The van der Waals surface area contributed by atoms with Gasteiger partial charge in [0.25, 0.3) is 5.91 Å². The van der Waals surface area contributed by atoms with E-state index in [-0.39, 0.29) is 35.0 Å². The third kappa shape index (κ3) is 4.46. The Kier molecular flexibility index (Phi) is 5.77. The number of nitrogens with one attached hydrogen (secondary N) is 3. The molecule has 1 aliphatic carbocycles. The van der Waals surface area contributed by atoms with Crippen molar-refractivity contribution in [1.29, 1.82) is 0 Å². The fraction of sp³-hybridized carbons (Fsp3) is 0.286. The first-order valence-corrected chi connectivity index (χ1v) is 10.0. The zero-order chi connectivity index (χ0) is 22.1. The Balaban J connectivity index is 1.49. The average molecular weight is 450 g/mol. The van der Waals surface area contributed by atoms with Gasteiger partial charge in [0, 0.05) is 16.8 Å². The summed E-state index contributed by atoms with van der Waals surface area (Å²) in [6, 6.07) is 5.64. The minimum absolute atomic E-state index is 0.0841. The van der Waals surface area contributed by atoms with E-state index in [1.807, 2.05) is 0 Å². The molecule has 2 aromatic rings. The molecule has 2 aliphatic rings. The molecule has 3 N–H and O–H groups in total. The monoisotopic (exact) mass is 449 g/mol. The Hall–Kier alpha value is -3.20. The van der Waals surface area contributed by atoms with Crippen molar-refractivity contribution in [2.45, 2.75) is 31.4 Å². The number of anilines is 1. The predicted octanol–water partition coefficient (Wildman–Crippen LogP) is 3.47. The lowest BCUT2D eigenvalue weighted by Crippen LogP contribution is -2.32. The van der Waals surface area contributed by atoms with Gasteiger partial charge in [-0.1, -0.05) is 11.6 Å². The Morgan fingerprint density at radius 1 is 1.16 bits per heavy atom. The molecule has 4 rings (SSSR count). The van der Waals surface area contributed by atoms with Gasteiger partial charge in [-0.25, -0.2) is 13.6 Å². The van der Waals surface area contributed by atoms with Crippen LogP contribution in [0.4, 0.5) is 19.3 Å². The molecule has 0 spiro atoms. The SMILES string of the molecule is O=C1C[C@H](OC(=O)N[C@H]2CCc3c(C(=O)Nc4ccc(F)c(Cl)c4)ccc(F)c32)CN1. The van der Waals surface area contributed by atoms with Crippen LogP contribution in [-0.4, -0.2) is 30.6 Å². The third-order valence-electron chi connectivity index (χ3n) is 5.26. The van der Waals surface area contributed by atoms with E-state index in [4.69, 9.17) is 16.3 Å². The van der Waals surface area contributed by atoms with Crippen LogP contribution in [0.1, 0.15) is 40.4 Å². The van der Waals surface area contributed by atoms with Crippen LogP contribution in [0.5, 0.6) is 0 Å². The quantitative estimate of drug-likeness (QED) is 0.666. The number of alkyl carbamates (subject to hydrolysis) is 1. The molecule has 0 saturated carbocycles. The number of hydrogen-bond acceptors (Lipinski definition) is 4. The van der Waals surface area contributed by atoms with Gasteiger partial charge in [0.05, 0.1) is 24.0 Å². The van der Waals surface area contributed by atoms with Crippen molar-refractivity contribution in [3.05, 3.63) is 63.7 Å². The number of fused-ring (bicyclic) bond motifs is 1. The molecule has 10 heteroatoms. The highest BCUT2D eigenvalue weighted by molar-refractivity contribution is 6.31. The summed E-state index contributed by atoms with van der Waals surface area (Å²) >= 11 is 5.74. The molecule has 0 radical (unpaired) electrons. The van der Waals surface area contributed by atoms with E-state index in [2.05, 4.69) is 16.0 Å². The summed E-state index contributed by atoms with van der Waals surface area (Å²) in [5, 5.41) is 7.66. The first kappa shape index (κ1) is 21.0. The minimum atomic E-state index is -0.755. The first-order valence-electron chi connectivity index (χ1n) is 9.63. The summed E-state index contributed by atoms with van der Waals surface area (Å²) in [4.78, 5) is 36.2. The Bertz CT molecular complexity index is 1080. The summed E-state index contributed by atoms with van der Waals surface area (Å²) in [6.45, 7) is 0.236. The standard InChI is InChI=1S/C21H18ClF2N3O4/c22-14-7-10(1-4-15(14)23)26-20(29)13-2-5-16(24)19-12(13)3-6-17(19)27-21(30)31-11-8-18(28)25-9-11/h1-2,4-5,7,11,17H,3,6,8-9H2,(H,25,28)(H,26,29)(H,27,30)/t11-,17-/m0/s1. The van der Waals surface area contributed by atoms with Crippen LogP contribution in [0.3, 0.4) is 0 Å². The number of halogens is 3. The second-order valence-corrected chi connectivity index (χ2v) is 7.75. The molecule has 2 atom stereocenters. The maximum atomic E-state index is 14.6. The van der Waals surface area contributed by atoms with Crippen molar-refractivity contribution in [3.8, 4) is 0 Å². The first-order chi connectivity index (χ1) is 14.8. The maximum absolute atomic E-state index is 14.6. The minimum Gasteiger partial charge on any atom is -0.444 e. The molecule has 1 aliphatic heterocycles. The van der Waals surface area contributed by atoms with Crippen LogP contribution >= 0.6 is 11.6 Å². The number of carbonyl (C=O) groups excluding carboxylic acids is 3. The van der Waals surface area contributed by atoms with Gasteiger partial charge in [-0.3, -0.25) is 9.59 Å². The number of benzene rings is 2. The van der Waals surface area contributed by atoms with Gasteiger partial charge in [-0.15, -0.1) is 0 Å².